The first-order valence-electron chi connectivity index (χ1n) is 5.60. The zero-order valence-electron chi connectivity index (χ0n) is 10.5. The SMILES string of the molecule is COc1cc(-c2ccnc(C)c2)ccc1C(F)(F)F. The first-order valence-corrected chi connectivity index (χ1v) is 5.60. The summed E-state index contributed by atoms with van der Waals surface area (Å²) in [6, 6.07) is 7.40. The molecule has 0 aliphatic heterocycles. The zero-order chi connectivity index (χ0) is 14.0. The maximum atomic E-state index is 12.7. The van der Waals surface area contributed by atoms with E-state index in [1.54, 1.807) is 12.3 Å². The quantitative estimate of drug-likeness (QED) is 0.817. The normalized spacial score (nSPS) is 11.4. The van der Waals surface area contributed by atoms with Gasteiger partial charge in [0.05, 0.1) is 12.7 Å². The molecule has 0 atom stereocenters. The van der Waals surface area contributed by atoms with Crippen LogP contribution in [0.1, 0.15) is 11.3 Å². The average Bonchev–Trinajstić information content (AvgIpc) is 2.37. The van der Waals surface area contributed by atoms with Crippen LogP contribution >= 0.6 is 0 Å². The lowest BCUT2D eigenvalue weighted by Gasteiger charge is -2.13. The van der Waals surface area contributed by atoms with E-state index in [4.69, 9.17) is 4.74 Å². The number of ether oxygens (including phenoxy) is 1. The maximum absolute atomic E-state index is 12.7. The fraction of sp³-hybridized carbons (Fsp3) is 0.214. The van der Waals surface area contributed by atoms with Crippen molar-refractivity contribution in [3.8, 4) is 16.9 Å². The minimum Gasteiger partial charge on any atom is -0.496 e. The predicted octanol–water partition coefficient (Wildman–Crippen LogP) is 4.08. The van der Waals surface area contributed by atoms with Gasteiger partial charge in [-0.25, -0.2) is 0 Å². The lowest BCUT2D eigenvalue weighted by atomic mass is 10.0. The van der Waals surface area contributed by atoms with Gasteiger partial charge in [0.2, 0.25) is 0 Å². The molecule has 0 bridgehead atoms. The van der Waals surface area contributed by atoms with Gasteiger partial charge in [0, 0.05) is 11.9 Å². The fourth-order valence-electron chi connectivity index (χ4n) is 1.83. The summed E-state index contributed by atoms with van der Waals surface area (Å²) in [5, 5.41) is 0. The van der Waals surface area contributed by atoms with Crippen LogP contribution in [-0.2, 0) is 6.18 Å². The summed E-state index contributed by atoms with van der Waals surface area (Å²) >= 11 is 0. The van der Waals surface area contributed by atoms with Gasteiger partial charge in [-0.1, -0.05) is 6.07 Å². The minimum atomic E-state index is -4.42. The molecule has 19 heavy (non-hydrogen) atoms. The van der Waals surface area contributed by atoms with Gasteiger partial charge < -0.3 is 4.74 Å². The molecule has 0 aliphatic rings. The zero-order valence-corrected chi connectivity index (χ0v) is 10.5. The Morgan fingerprint density at radius 1 is 1.05 bits per heavy atom. The number of pyridine rings is 1. The number of aromatic nitrogens is 1. The van der Waals surface area contributed by atoms with Crippen LogP contribution in [0.2, 0.25) is 0 Å². The number of hydrogen-bond acceptors (Lipinski definition) is 2. The van der Waals surface area contributed by atoms with Crippen molar-refractivity contribution in [1.29, 1.82) is 0 Å². The highest BCUT2D eigenvalue weighted by atomic mass is 19.4. The average molecular weight is 267 g/mol. The fourth-order valence-corrected chi connectivity index (χ4v) is 1.83. The van der Waals surface area contributed by atoms with Crippen LogP contribution in [0.3, 0.4) is 0 Å². The Kier molecular flexibility index (Phi) is 3.46. The van der Waals surface area contributed by atoms with Crippen molar-refractivity contribution in [2.45, 2.75) is 13.1 Å². The van der Waals surface area contributed by atoms with Crippen molar-refractivity contribution in [1.82, 2.24) is 4.98 Å². The number of hydrogen-bond donors (Lipinski definition) is 0. The molecule has 2 nitrogen and oxygen atoms in total. The standard InChI is InChI=1S/C14H12F3NO/c1-9-7-11(5-6-18-9)10-3-4-12(14(15,16)17)13(8-10)19-2/h3-8H,1-2H3. The highest BCUT2D eigenvalue weighted by Gasteiger charge is 2.34. The molecule has 0 amide bonds. The van der Waals surface area contributed by atoms with Crippen molar-refractivity contribution in [3.05, 3.63) is 47.8 Å². The van der Waals surface area contributed by atoms with Gasteiger partial charge in [0.1, 0.15) is 5.75 Å². The molecule has 1 aromatic carbocycles. The van der Waals surface area contributed by atoms with Gasteiger partial charge >= 0.3 is 6.18 Å². The molecule has 0 N–H and O–H groups in total. The van der Waals surface area contributed by atoms with Gasteiger partial charge in [-0.15, -0.1) is 0 Å². The summed E-state index contributed by atoms with van der Waals surface area (Å²) in [7, 11) is 1.23. The first kappa shape index (κ1) is 13.4. The summed E-state index contributed by atoms with van der Waals surface area (Å²) in [6.45, 7) is 1.82. The largest absolute Gasteiger partial charge is 0.496 e. The van der Waals surface area contributed by atoms with Gasteiger partial charge in [0.15, 0.2) is 0 Å². The molecule has 0 saturated heterocycles. The van der Waals surface area contributed by atoms with Crippen LogP contribution in [0.4, 0.5) is 13.2 Å². The van der Waals surface area contributed by atoms with E-state index < -0.39 is 11.7 Å². The van der Waals surface area contributed by atoms with Crippen LogP contribution in [0, 0.1) is 6.92 Å². The smallest absolute Gasteiger partial charge is 0.419 e. The third-order valence-corrected chi connectivity index (χ3v) is 2.74. The van der Waals surface area contributed by atoms with E-state index in [2.05, 4.69) is 4.98 Å². The number of rotatable bonds is 2. The Hall–Kier alpha value is -2.04. The molecule has 0 spiro atoms. The molecule has 2 rings (SSSR count). The van der Waals surface area contributed by atoms with Crippen molar-refractivity contribution in [2.75, 3.05) is 7.11 Å². The van der Waals surface area contributed by atoms with Gasteiger partial charge in [-0.05, 0) is 42.3 Å². The van der Waals surface area contributed by atoms with E-state index in [-0.39, 0.29) is 5.75 Å². The molecule has 0 unspecified atom stereocenters. The van der Waals surface area contributed by atoms with Crippen molar-refractivity contribution < 1.29 is 17.9 Å². The van der Waals surface area contributed by atoms with E-state index in [1.165, 1.54) is 19.2 Å². The second-order valence-electron chi connectivity index (χ2n) is 4.10. The summed E-state index contributed by atoms with van der Waals surface area (Å²) < 4.78 is 43.1. The Morgan fingerprint density at radius 2 is 1.74 bits per heavy atom. The van der Waals surface area contributed by atoms with E-state index in [1.807, 2.05) is 13.0 Å². The molecule has 0 saturated carbocycles. The number of halogens is 3. The molecular formula is C14H12F3NO. The second kappa shape index (κ2) is 4.91. The number of nitrogens with zero attached hydrogens (tertiary/aromatic N) is 1. The lowest BCUT2D eigenvalue weighted by molar-refractivity contribution is -0.138. The molecular weight excluding hydrogens is 255 g/mol. The number of aryl methyl sites for hydroxylation is 1. The van der Waals surface area contributed by atoms with Crippen LogP contribution in [0.15, 0.2) is 36.5 Å². The molecule has 1 aromatic heterocycles. The van der Waals surface area contributed by atoms with E-state index in [0.717, 1.165) is 17.3 Å². The molecule has 100 valence electrons. The van der Waals surface area contributed by atoms with E-state index in [0.29, 0.717) is 5.56 Å². The van der Waals surface area contributed by atoms with Crippen LogP contribution < -0.4 is 4.74 Å². The Balaban J connectivity index is 2.51. The number of methoxy groups -OCH3 is 1. The Labute approximate surface area is 108 Å². The number of benzene rings is 1. The summed E-state index contributed by atoms with van der Waals surface area (Å²) in [5.41, 5.74) is 1.50. The van der Waals surface area contributed by atoms with Crippen LogP contribution in [-0.4, -0.2) is 12.1 Å². The van der Waals surface area contributed by atoms with Gasteiger partial charge in [-0.3, -0.25) is 4.98 Å². The van der Waals surface area contributed by atoms with E-state index >= 15 is 0 Å². The van der Waals surface area contributed by atoms with Crippen molar-refractivity contribution >= 4 is 0 Å². The Morgan fingerprint density at radius 3 is 2.32 bits per heavy atom. The van der Waals surface area contributed by atoms with Crippen LogP contribution in [0.5, 0.6) is 5.75 Å². The molecule has 1 heterocycles. The monoisotopic (exact) mass is 267 g/mol. The third kappa shape index (κ3) is 2.86. The van der Waals surface area contributed by atoms with E-state index in [9.17, 15) is 13.2 Å². The second-order valence-corrected chi connectivity index (χ2v) is 4.10. The van der Waals surface area contributed by atoms with Crippen molar-refractivity contribution in [2.24, 2.45) is 0 Å². The minimum absolute atomic E-state index is 0.181. The molecule has 2 aromatic rings. The topological polar surface area (TPSA) is 22.1 Å². The summed E-state index contributed by atoms with van der Waals surface area (Å²) in [6.07, 6.45) is -2.80. The van der Waals surface area contributed by atoms with Gasteiger partial charge in [-0.2, -0.15) is 13.2 Å². The molecule has 0 radical (unpaired) electrons. The van der Waals surface area contributed by atoms with Crippen LogP contribution in [0.25, 0.3) is 11.1 Å². The highest BCUT2D eigenvalue weighted by molar-refractivity contribution is 5.66. The molecule has 0 fully saturated rings. The predicted molar refractivity (Wildman–Crippen MR) is 66.0 cm³/mol. The first-order chi connectivity index (χ1) is 8.91. The van der Waals surface area contributed by atoms with Gasteiger partial charge in [0.25, 0.3) is 0 Å². The lowest BCUT2D eigenvalue weighted by Crippen LogP contribution is -2.07. The van der Waals surface area contributed by atoms with Crippen molar-refractivity contribution in [3.63, 3.8) is 0 Å². The summed E-state index contributed by atoms with van der Waals surface area (Å²) in [4.78, 5) is 4.05. The third-order valence-electron chi connectivity index (χ3n) is 2.74. The Bertz CT molecular complexity index is 593. The maximum Gasteiger partial charge on any atom is 0.419 e. The highest BCUT2D eigenvalue weighted by Crippen LogP contribution is 2.38. The number of alkyl halides is 3. The summed E-state index contributed by atoms with van der Waals surface area (Å²) in [5.74, 6) is -0.181. The molecule has 0 aliphatic carbocycles. The molecule has 5 heteroatoms.